The predicted molar refractivity (Wildman–Crippen MR) is 76.2 cm³/mol. The van der Waals surface area contributed by atoms with E-state index in [1.54, 1.807) is 0 Å². The number of hydrogen-bond acceptors (Lipinski definition) is 3. The van der Waals surface area contributed by atoms with Crippen molar-refractivity contribution in [2.75, 3.05) is 13.1 Å². The molecule has 1 aromatic heterocycles. The van der Waals surface area contributed by atoms with Crippen LogP contribution in [0.4, 0.5) is 0 Å². The van der Waals surface area contributed by atoms with Crippen LogP contribution >= 0.6 is 0 Å². The van der Waals surface area contributed by atoms with E-state index >= 15 is 0 Å². The topological polar surface area (TPSA) is 34.0 Å². The highest BCUT2D eigenvalue weighted by Crippen LogP contribution is 2.28. The van der Waals surface area contributed by atoms with E-state index in [4.69, 9.17) is 0 Å². The van der Waals surface area contributed by atoms with E-state index in [1.807, 2.05) is 0 Å². The van der Waals surface area contributed by atoms with E-state index in [0.717, 1.165) is 18.9 Å². The van der Waals surface area contributed by atoms with Gasteiger partial charge in [0, 0.05) is 31.5 Å². The summed E-state index contributed by atoms with van der Waals surface area (Å²) in [6, 6.07) is 0.678. The summed E-state index contributed by atoms with van der Waals surface area (Å²) < 4.78 is 2.40. The second kappa shape index (κ2) is 5.23. The molecule has 0 amide bonds. The first-order chi connectivity index (χ1) is 9.15. The lowest BCUT2D eigenvalue weighted by molar-refractivity contribution is 0.264. The highest BCUT2D eigenvalue weighted by Gasteiger charge is 2.28. The van der Waals surface area contributed by atoms with Crippen molar-refractivity contribution in [2.45, 2.75) is 65.0 Å². The Morgan fingerprint density at radius 2 is 2.05 bits per heavy atom. The Balaban J connectivity index is 1.68. The van der Waals surface area contributed by atoms with Crippen molar-refractivity contribution in [1.82, 2.24) is 19.7 Å². The fraction of sp³-hybridized carbons (Fsp3) is 0.867. The molecule has 1 saturated heterocycles. The normalized spacial score (nSPS) is 28.0. The summed E-state index contributed by atoms with van der Waals surface area (Å²) in [7, 11) is 0. The summed E-state index contributed by atoms with van der Waals surface area (Å²) in [6.45, 7) is 10.5. The van der Waals surface area contributed by atoms with Crippen LogP contribution < -0.4 is 0 Å². The van der Waals surface area contributed by atoms with E-state index in [9.17, 15) is 0 Å². The average molecular weight is 262 g/mol. The molecule has 2 atom stereocenters. The van der Waals surface area contributed by atoms with Gasteiger partial charge < -0.3 is 9.47 Å². The molecule has 0 radical (unpaired) electrons. The van der Waals surface area contributed by atoms with Crippen LogP contribution in [0, 0.1) is 5.92 Å². The van der Waals surface area contributed by atoms with E-state index < -0.39 is 0 Å². The molecule has 0 bridgehead atoms. The molecule has 0 aromatic carbocycles. The van der Waals surface area contributed by atoms with Gasteiger partial charge in [0.1, 0.15) is 11.6 Å². The molecule has 106 valence electrons. The van der Waals surface area contributed by atoms with Crippen LogP contribution in [0.15, 0.2) is 0 Å². The minimum Gasteiger partial charge on any atom is -0.315 e. The summed E-state index contributed by atoms with van der Waals surface area (Å²) in [5, 5.41) is 8.91. The van der Waals surface area contributed by atoms with Crippen molar-refractivity contribution >= 4 is 0 Å². The number of nitrogens with zero attached hydrogens (tertiary/aromatic N) is 4. The maximum atomic E-state index is 4.48. The number of hydrogen-bond donors (Lipinski definition) is 0. The molecule has 19 heavy (non-hydrogen) atoms. The summed E-state index contributed by atoms with van der Waals surface area (Å²) >= 11 is 0. The Bertz CT molecular complexity index is 437. The molecule has 0 aliphatic carbocycles. The van der Waals surface area contributed by atoms with Crippen LogP contribution in [-0.4, -0.2) is 38.8 Å². The quantitative estimate of drug-likeness (QED) is 0.839. The van der Waals surface area contributed by atoms with Crippen molar-refractivity contribution in [3.8, 4) is 0 Å². The maximum Gasteiger partial charge on any atom is 0.135 e. The second-order valence-electron chi connectivity index (χ2n) is 6.62. The van der Waals surface area contributed by atoms with E-state index in [-0.39, 0.29) is 0 Å². The molecular formula is C15H26N4. The largest absolute Gasteiger partial charge is 0.315 e. The van der Waals surface area contributed by atoms with Crippen molar-refractivity contribution in [2.24, 2.45) is 5.92 Å². The van der Waals surface area contributed by atoms with Gasteiger partial charge in [-0.05, 0) is 45.6 Å². The van der Waals surface area contributed by atoms with Crippen LogP contribution in [0.5, 0.6) is 0 Å². The van der Waals surface area contributed by atoms with Gasteiger partial charge in [-0.15, -0.1) is 10.2 Å². The molecule has 0 spiro atoms. The number of aromatic nitrogens is 3. The first-order valence-corrected chi connectivity index (χ1v) is 7.81. The first kappa shape index (κ1) is 13.1. The third kappa shape index (κ3) is 2.55. The monoisotopic (exact) mass is 262 g/mol. The summed E-state index contributed by atoms with van der Waals surface area (Å²) in [5.74, 6) is 3.82. The van der Waals surface area contributed by atoms with Crippen LogP contribution in [0.3, 0.4) is 0 Å². The molecule has 3 rings (SSSR count). The van der Waals surface area contributed by atoms with E-state index in [2.05, 4.69) is 40.4 Å². The van der Waals surface area contributed by atoms with Crippen LogP contribution in [0.2, 0.25) is 0 Å². The molecule has 0 saturated carbocycles. The minimum absolute atomic E-state index is 0.589. The fourth-order valence-electron chi connectivity index (χ4n) is 3.55. The molecular weight excluding hydrogens is 236 g/mol. The van der Waals surface area contributed by atoms with Crippen molar-refractivity contribution in [3.05, 3.63) is 11.6 Å². The number of fused-ring (bicyclic) bond motifs is 1. The Hall–Kier alpha value is -0.900. The summed E-state index contributed by atoms with van der Waals surface area (Å²) in [5.41, 5.74) is 0. The van der Waals surface area contributed by atoms with Gasteiger partial charge in [0.25, 0.3) is 0 Å². The average Bonchev–Trinajstić information content (AvgIpc) is 2.98. The maximum absolute atomic E-state index is 4.48. The van der Waals surface area contributed by atoms with E-state index in [1.165, 1.54) is 44.0 Å². The Labute approximate surface area is 116 Å². The molecule has 2 aliphatic heterocycles. The Morgan fingerprint density at radius 3 is 2.79 bits per heavy atom. The SMILES string of the molecule is CC1CCCn2c(CC3CCN(C(C)C)C3)nnc21. The molecule has 2 aliphatic rings. The van der Waals surface area contributed by atoms with Gasteiger partial charge in [-0.3, -0.25) is 0 Å². The molecule has 1 fully saturated rings. The zero-order valence-electron chi connectivity index (χ0n) is 12.5. The minimum atomic E-state index is 0.589. The van der Waals surface area contributed by atoms with Crippen molar-refractivity contribution < 1.29 is 0 Å². The van der Waals surface area contributed by atoms with Crippen molar-refractivity contribution in [3.63, 3.8) is 0 Å². The fourth-order valence-corrected chi connectivity index (χ4v) is 3.55. The smallest absolute Gasteiger partial charge is 0.135 e. The zero-order chi connectivity index (χ0) is 13.4. The van der Waals surface area contributed by atoms with Gasteiger partial charge >= 0.3 is 0 Å². The molecule has 1 aromatic rings. The van der Waals surface area contributed by atoms with E-state index in [0.29, 0.717) is 12.0 Å². The predicted octanol–water partition coefficient (Wildman–Crippen LogP) is 2.45. The first-order valence-electron chi connectivity index (χ1n) is 7.81. The van der Waals surface area contributed by atoms with Gasteiger partial charge in [-0.1, -0.05) is 6.92 Å². The molecule has 3 heterocycles. The van der Waals surface area contributed by atoms with Crippen molar-refractivity contribution in [1.29, 1.82) is 0 Å². The van der Waals surface area contributed by atoms with Gasteiger partial charge in [0.2, 0.25) is 0 Å². The van der Waals surface area contributed by atoms with Crippen LogP contribution in [0.1, 0.15) is 57.6 Å². The third-order valence-corrected chi connectivity index (χ3v) is 4.83. The highest BCUT2D eigenvalue weighted by atomic mass is 15.3. The lowest BCUT2D eigenvalue weighted by Crippen LogP contribution is -2.28. The van der Waals surface area contributed by atoms with Gasteiger partial charge in [-0.25, -0.2) is 0 Å². The standard InChI is InChI=1S/C15H26N4/c1-11(2)18-8-6-13(10-18)9-14-16-17-15-12(3)5-4-7-19(14)15/h11-13H,4-10H2,1-3H3. The summed E-state index contributed by atoms with van der Waals surface area (Å²) in [4.78, 5) is 2.58. The zero-order valence-corrected chi connectivity index (χ0v) is 12.5. The third-order valence-electron chi connectivity index (χ3n) is 4.83. The highest BCUT2D eigenvalue weighted by molar-refractivity contribution is 5.05. The second-order valence-corrected chi connectivity index (χ2v) is 6.62. The number of likely N-dealkylation sites (tertiary alicyclic amines) is 1. The Kier molecular flexibility index (Phi) is 3.61. The van der Waals surface area contributed by atoms with Gasteiger partial charge in [-0.2, -0.15) is 0 Å². The Morgan fingerprint density at radius 1 is 1.21 bits per heavy atom. The lowest BCUT2D eigenvalue weighted by Gasteiger charge is -2.22. The van der Waals surface area contributed by atoms with Crippen LogP contribution in [0.25, 0.3) is 0 Å². The van der Waals surface area contributed by atoms with Gasteiger partial charge in [0.15, 0.2) is 0 Å². The van der Waals surface area contributed by atoms with Gasteiger partial charge in [0.05, 0.1) is 0 Å². The molecule has 4 heteroatoms. The summed E-state index contributed by atoms with van der Waals surface area (Å²) in [6.07, 6.45) is 4.98. The molecule has 2 unspecified atom stereocenters. The lowest BCUT2D eigenvalue weighted by atomic mass is 10.00. The molecule has 0 N–H and O–H groups in total. The molecule has 4 nitrogen and oxygen atoms in total. The number of rotatable bonds is 3. The van der Waals surface area contributed by atoms with Crippen LogP contribution in [-0.2, 0) is 13.0 Å².